The Kier molecular flexibility index (Phi) is 4.49. The van der Waals surface area contributed by atoms with Crippen LogP contribution < -0.4 is 11.1 Å². The second-order valence-electron chi connectivity index (χ2n) is 5.74. The van der Waals surface area contributed by atoms with Crippen molar-refractivity contribution in [2.45, 2.75) is 33.2 Å². The van der Waals surface area contributed by atoms with Gasteiger partial charge in [-0.2, -0.15) is 0 Å². The van der Waals surface area contributed by atoms with Crippen molar-refractivity contribution in [2.24, 2.45) is 11.1 Å². The molecule has 0 radical (unpaired) electrons. The molecule has 0 aliphatic heterocycles. The number of hydrogen-bond acceptors (Lipinski definition) is 3. The van der Waals surface area contributed by atoms with Gasteiger partial charge in [0.05, 0.1) is 5.41 Å². The summed E-state index contributed by atoms with van der Waals surface area (Å²) in [6.45, 7) is 6.95. The van der Waals surface area contributed by atoms with Gasteiger partial charge >= 0.3 is 5.97 Å². The van der Waals surface area contributed by atoms with Gasteiger partial charge in [-0.15, -0.1) is 0 Å². The standard InChI is InChI=1S/C14H19BrN2O3/c1-13(2,12(19)20)14(3,4)17-10-6-5-8(11(16)18)7-9(10)15/h5-7,17H,1-4H3,(H2,16,18)(H,19,20). The second-order valence-corrected chi connectivity index (χ2v) is 6.59. The number of nitrogens with one attached hydrogen (secondary N) is 1. The molecule has 6 heteroatoms. The van der Waals surface area contributed by atoms with Gasteiger partial charge in [0, 0.05) is 21.3 Å². The van der Waals surface area contributed by atoms with Crippen molar-refractivity contribution in [2.75, 3.05) is 5.32 Å². The Balaban J connectivity index is 3.10. The van der Waals surface area contributed by atoms with Gasteiger partial charge in [-0.1, -0.05) is 0 Å². The molecule has 0 saturated carbocycles. The van der Waals surface area contributed by atoms with Crippen molar-refractivity contribution < 1.29 is 14.7 Å². The molecule has 0 spiro atoms. The van der Waals surface area contributed by atoms with Crippen LogP contribution in [-0.4, -0.2) is 22.5 Å². The number of aliphatic carboxylic acids is 1. The molecule has 0 aliphatic rings. The van der Waals surface area contributed by atoms with Gasteiger partial charge in [0.2, 0.25) is 5.91 Å². The highest BCUT2D eigenvalue weighted by Gasteiger charge is 2.43. The van der Waals surface area contributed by atoms with Crippen LogP contribution in [0.15, 0.2) is 22.7 Å². The van der Waals surface area contributed by atoms with Gasteiger partial charge in [-0.3, -0.25) is 9.59 Å². The Bertz CT molecular complexity index is 553. The molecule has 0 atom stereocenters. The van der Waals surface area contributed by atoms with Crippen LogP contribution in [0.5, 0.6) is 0 Å². The summed E-state index contributed by atoms with van der Waals surface area (Å²) < 4.78 is 0.656. The van der Waals surface area contributed by atoms with E-state index in [-0.39, 0.29) is 0 Å². The van der Waals surface area contributed by atoms with E-state index in [1.807, 2.05) is 13.8 Å². The largest absolute Gasteiger partial charge is 0.481 e. The predicted octanol–water partition coefficient (Wildman–Crippen LogP) is 2.85. The van der Waals surface area contributed by atoms with Gasteiger partial charge in [0.15, 0.2) is 0 Å². The molecule has 0 unspecified atom stereocenters. The molecule has 0 aliphatic carbocycles. The molecule has 0 fully saturated rings. The lowest BCUT2D eigenvalue weighted by atomic mass is 9.74. The van der Waals surface area contributed by atoms with Crippen LogP contribution in [0.2, 0.25) is 0 Å². The van der Waals surface area contributed by atoms with Crippen LogP contribution in [-0.2, 0) is 4.79 Å². The normalized spacial score (nSPS) is 12.1. The van der Waals surface area contributed by atoms with Crippen LogP contribution in [0.4, 0.5) is 5.69 Å². The Labute approximate surface area is 126 Å². The van der Waals surface area contributed by atoms with Crippen LogP contribution in [0.25, 0.3) is 0 Å². The molecule has 1 aromatic rings. The molecule has 0 heterocycles. The first-order valence-electron chi connectivity index (χ1n) is 6.10. The summed E-state index contributed by atoms with van der Waals surface area (Å²) in [4.78, 5) is 22.5. The zero-order chi connectivity index (χ0) is 15.7. The monoisotopic (exact) mass is 342 g/mol. The van der Waals surface area contributed by atoms with Crippen LogP contribution >= 0.6 is 15.9 Å². The SMILES string of the molecule is CC(C)(Nc1ccc(C(N)=O)cc1Br)C(C)(C)C(=O)O. The lowest BCUT2D eigenvalue weighted by Gasteiger charge is -2.40. The van der Waals surface area contributed by atoms with Crippen molar-refractivity contribution in [1.82, 2.24) is 0 Å². The van der Waals surface area contributed by atoms with Gasteiger partial charge in [0.25, 0.3) is 0 Å². The third-order valence-electron chi connectivity index (χ3n) is 3.80. The highest BCUT2D eigenvalue weighted by atomic mass is 79.9. The number of anilines is 1. The summed E-state index contributed by atoms with van der Waals surface area (Å²) in [6.07, 6.45) is 0. The van der Waals surface area contributed by atoms with Crippen LogP contribution in [0, 0.1) is 5.41 Å². The number of benzene rings is 1. The fourth-order valence-corrected chi connectivity index (χ4v) is 2.01. The number of amides is 1. The van der Waals surface area contributed by atoms with E-state index in [0.717, 1.165) is 0 Å². The first-order valence-corrected chi connectivity index (χ1v) is 6.89. The third-order valence-corrected chi connectivity index (χ3v) is 4.45. The van der Waals surface area contributed by atoms with E-state index in [0.29, 0.717) is 15.7 Å². The Morgan fingerprint density at radius 3 is 2.20 bits per heavy atom. The maximum atomic E-state index is 11.4. The van der Waals surface area contributed by atoms with E-state index in [2.05, 4.69) is 21.2 Å². The molecule has 0 aromatic heterocycles. The van der Waals surface area contributed by atoms with Crippen molar-refractivity contribution in [1.29, 1.82) is 0 Å². The number of hydrogen-bond donors (Lipinski definition) is 3. The minimum Gasteiger partial charge on any atom is -0.481 e. The Morgan fingerprint density at radius 2 is 1.80 bits per heavy atom. The summed E-state index contributed by atoms with van der Waals surface area (Å²) in [6, 6.07) is 4.90. The number of carbonyl (C=O) groups is 2. The molecule has 0 saturated heterocycles. The van der Waals surface area contributed by atoms with E-state index in [4.69, 9.17) is 5.73 Å². The highest BCUT2D eigenvalue weighted by Crippen LogP contribution is 2.36. The molecule has 1 amide bonds. The predicted molar refractivity (Wildman–Crippen MR) is 81.8 cm³/mol. The smallest absolute Gasteiger partial charge is 0.311 e. The summed E-state index contributed by atoms with van der Waals surface area (Å²) in [5.74, 6) is -1.40. The number of primary amides is 1. The molecule has 20 heavy (non-hydrogen) atoms. The van der Waals surface area contributed by atoms with Crippen molar-refractivity contribution in [3.05, 3.63) is 28.2 Å². The number of carbonyl (C=O) groups excluding carboxylic acids is 1. The number of nitrogens with two attached hydrogens (primary N) is 1. The lowest BCUT2D eigenvalue weighted by Crippen LogP contribution is -2.50. The summed E-state index contributed by atoms with van der Waals surface area (Å²) in [5.41, 5.74) is 4.62. The van der Waals surface area contributed by atoms with Gasteiger partial charge < -0.3 is 16.2 Å². The molecule has 1 aromatic carbocycles. The minimum absolute atomic E-state index is 0.387. The number of carboxylic acid groups (broad SMARTS) is 1. The van der Waals surface area contributed by atoms with E-state index in [9.17, 15) is 14.7 Å². The molecule has 1 rings (SSSR count). The maximum absolute atomic E-state index is 11.4. The number of carboxylic acids is 1. The van der Waals surface area contributed by atoms with Crippen LogP contribution in [0.3, 0.4) is 0 Å². The topological polar surface area (TPSA) is 92.4 Å². The fourth-order valence-electron chi connectivity index (χ4n) is 1.53. The first kappa shape index (κ1) is 16.5. The Morgan fingerprint density at radius 1 is 1.25 bits per heavy atom. The molecule has 110 valence electrons. The fraction of sp³-hybridized carbons (Fsp3) is 0.429. The molecular weight excluding hydrogens is 324 g/mol. The summed E-state index contributed by atoms with van der Waals surface area (Å²) in [7, 11) is 0. The average Bonchev–Trinajstić information content (AvgIpc) is 2.30. The van der Waals surface area contributed by atoms with Crippen molar-refractivity contribution in [3.8, 4) is 0 Å². The van der Waals surface area contributed by atoms with Crippen molar-refractivity contribution >= 4 is 33.5 Å². The van der Waals surface area contributed by atoms with E-state index >= 15 is 0 Å². The average molecular weight is 343 g/mol. The van der Waals surface area contributed by atoms with Crippen LogP contribution in [0.1, 0.15) is 38.1 Å². The van der Waals surface area contributed by atoms with Gasteiger partial charge in [-0.05, 0) is 61.8 Å². The third kappa shape index (κ3) is 3.12. The quantitative estimate of drug-likeness (QED) is 0.766. The number of halogens is 1. The molecule has 5 nitrogen and oxygen atoms in total. The van der Waals surface area contributed by atoms with Gasteiger partial charge in [-0.25, -0.2) is 0 Å². The number of rotatable bonds is 5. The van der Waals surface area contributed by atoms with E-state index in [1.165, 1.54) is 0 Å². The van der Waals surface area contributed by atoms with Gasteiger partial charge in [0.1, 0.15) is 0 Å². The first-order chi connectivity index (χ1) is 8.99. The molecule has 0 bridgehead atoms. The maximum Gasteiger partial charge on any atom is 0.311 e. The lowest BCUT2D eigenvalue weighted by molar-refractivity contribution is -0.149. The summed E-state index contributed by atoms with van der Waals surface area (Å²) in [5, 5.41) is 12.5. The zero-order valence-corrected chi connectivity index (χ0v) is 13.5. The zero-order valence-electron chi connectivity index (χ0n) is 12.0. The molecule has 4 N–H and O–H groups in total. The second kappa shape index (κ2) is 5.44. The molecular formula is C14H19BrN2O3. The highest BCUT2D eigenvalue weighted by molar-refractivity contribution is 9.10. The summed E-state index contributed by atoms with van der Waals surface area (Å²) >= 11 is 3.35. The minimum atomic E-state index is -0.977. The van der Waals surface area contributed by atoms with Crippen molar-refractivity contribution in [3.63, 3.8) is 0 Å². The Hall–Kier alpha value is -1.56. The van der Waals surface area contributed by atoms with E-state index < -0.39 is 22.8 Å². The van der Waals surface area contributed by atoms with E-state index in [1.54, 1.807) is 32.0 Å².